The maximum atomic E-state index is 13.0. The number of amides is 2. The minimum atomic E-state index is -0.607. The summed E-state index contributed by atoms with van der Waals surface area (Å²) in [5.41, 5.74) is 2.04. The van der Waals surface area contributed by atoms with Gasteiger partial charge in [0.1, 0.15) is 16.5 Å². The molecule has 1 aliphatic rings. The van der Waals surface area contributed by atoms with Gasteiger partial charge >= 0.3 is 0 Å². The van der Waals surface area contributed by atoms with Crippen LogP contribution in [0, 0.1) is 6.92 Å². The normalized spacial score (nSPS) is 15.4. The van der Waals surface area contributed by atoms with Crippen molar-refractivity contribution in [2.24, 2.45) is 0 Å². The van der Waals surface area contributed by atoms with E-state index in [0.717, 1.165) is 10.5 Å². The third kappa shape index (κ3) is 3.53. The molecule has 0 radical (unpaired) electrons. The van der Waals surface area contributed by atoms with Crippen LogP contribution >= 0.6 is 23.2 Å². The van der Waals surface area contributed by atoms with Gasteiger partial charge < -0.3 is 10.1 Å². The van der Waals surface area contributed by atoms with E-state index in [1.165, 1.54) is 7.11 Å². The van der Waals surface area contributed by atoms with Crippen molar-refractivity contribution in [2.45, 2.75) is 19.9 Å². The molecule has 1 heterocycles. The van der Waals surface area contributed by atoms with Crippen LogP contribution in [0.1, 0.15) is 24.1 Å². The number of halogens is 2. The van der Waals surface area contributed by atoms with Crippen molar-refractivity contribution in [3.05, 3.63) is 69.3 Å². The molecule has 2 amide bonds. The van der Waals surface area contributed by atoms with E-state index in [1.54, 1.807) is 19.1 Å². The van der Waals surface area contributed by atoms with Gasteiger partial charge in [-0.05, 0) is 31.0 Å². The third-order valence-electron chi connectivity index (χ3n) is 4.39. The van der Waals surface area contributed by atoms with Gasteiger partial charge in [0, 0.05) is 17.1 Å². The highest BCUT2D eigenvalue weighted by Crippen LogP contribution is 2.38. The summed E-state index contributed by atoms with van der Waals surface area (Å²) in [4.78, 5) is 26.7. The molecular formula is C20H18Cl2N2O3. The Morgan fingerprint density at radius 2 is 1.74 bits per heavy atom. The Morgan fingerprint density at radius 3 is 2.37 bits per heavy atom. The average molecular weight is 405 g/mol. The largest absolute Gasteiger partial charge is 0.494 e. The highest BCUT2D eigenvalue weighted by Gasteiger charge is 2.40. The number of hydrogen-bond acceptors (Lipinski definition) is 4. The first-order valence-corrected chi connectivity index (χ1v) is 9.05. The predicted molar refractivity (Wildman–Crippen MR) is 106 cm³/mol. The summed E-state index contributed by atoms with van der Waals surface area (Å²) in [6.45, 7) is 3.67. The molecule has 1 N–H and O–H groups in total. The summed E-state index contributed by atoms with van der Waals surface area (Å²) in [6, 6.07) is 12.6. The van der Waals surface area contributed by atoms with Crippen molar-refractivity contribution in [1.82, 2.24) is 5.32 Å². The van der Waals surface area contributed by atoms with Gasteiger partial charge in [-0.1, -0.05) is 53.5 Å². The molecule has 2 aromatic carbocycles. The van der Waals surface area contributed by atoms with E-state index in [-0.39, 0.29) is 16.8 Å². The summed E-state index contributed by atoms with van der Waals surface area (Å²) in [7, 11) is 1.45. The van der Waals surface area contributed by atoms with E-state index in [1.807, 2.05) is 37.3 Å². The molecule has 7 heteroatoms. The van der Waals surface area contributed by atoms with Crippen LogP contribution in [0.3, 0.4) is 0 Å². The molecule has 5 nitrogen and oxygen atoms in total. The van der Waals surface area contributed by atoms with E-state index in [4.69, 9.17) is 27.9 Å². The molecule has 140 valence electrons. The molecule has 0 spiro atoms. The smallest absolute Gasteiger partial charge is 0.283 e. The van der Waals surface area contributed by atoms with Gasteiger partial charge in [-0.15, -0.1) is 0 Å². The predicted octanol–water partition coefficient (Wildman–Crippen LogP) is 4.33. The molecule has 1 unspecified atom stereocenters. The SMILES string of the molecule is COc1cc(Cl)c(C)cc1N1C(=O)C(Cl)=C(NC(C)c2ccccc2)C1=O. The topological polar surface area (TPSA) is 58.6 Å². The first-order chi connectivity index (χ1) is 12.8. The monoisotopic (exact) mass is 404 g/mol. The minimum Gasteiger partial charge on any atom is -0.494 e. The minimum absolute atomic E-state index is 0.0627. The molecule has 0 aliphatic carbocycles. The van der Waals surface area contributed by atoms with Crippen LogP contribution in [-0.2, 0) is 9.59 Å². The molecule has 0 aromatic heterocycles. The fourth-order valence-electron chi connectivity index (χ4n) is 2.87. The van der Waals surface area contributed by atoms with Crippen molar-refractivity contribution in [2.75, 3.05) is 12.0 Å². The Balaban J connectivity index is 1.94. The number of imide groups is 1. The maximum absolute atomic E-state index is 13.0. The van der Waals surface area contributed by atoms with E-state index < -0.39 is 11.8 Å². The van der Waals surface area contributed by atoms with E-state index in [9.17, 15) is 9.59 Å². The highest BCUT2D eigenvalue weighted by atomic mass is 35.5. The molecule has 2 aromatic rings. The van der Waals surface area contributed by atoms with Crippen LogP contribution in [0.15, 0.2) is 53.2 Å². The number of anilines is 1. The standard InChI is InChI=1S/C20H18Cl2N2O3/c1-11-9-15(16(27-3)10-14(11)21)24-19(25)17(22)18(20(24)26)23-12(2)13-7-5-4-6-8-13/h4-10,12,23H,1-3H3. The molecule has 3 rings (SSSR count). The Labute approximate surface area is 167 Å². The summed E-state index contributed by atoms with van der Waals surface area (Å²) >= 11 is 12.3. The second kappa shape index (κ2) is 7.62. The van der Waals surface area contributed by atoms with Crippen molar-refractivity contribution < 1.29 is 14.3 Å². The van der Waals surface area contributed by atoms with Crippen molar-refractivity contribution in [3.8, 4) is 5.75 Å². The lowest BCUT2D eigenvalue weighted by atomic mass is 10.1. The van der Waals surface area contributed by atoms with Crippen LogP contribution in [0.4, 0.5) is 5.69 Å². The van der Waals surface area contributed by atoms with Crippen LogP contribution < -0.4 is 15.0 Å². The van der Waals surface area contributed by atoms with Gasteiger partial charge in [0.15, 0.2) is 0 Å². The van der Waals surface area contributed by atoms with Gasteiger partial charge in [-0.2, -0.15) is 0 Å². The lowest BCUT2D eigenvalue weighted by molar-refractivity contribution is -0.120. The molecule has 0 saturated heterocycles. The molecule has 1 aliphatic heterocycles. The van der Waals surface area contributed by atoms with Crippen LogP contribution in [0.25, 0.3) is 0 Å². The number of benzene rings is 2. The number of aryl methyl sites for hydroxylation is 1. The summed E-state index contributed by atoms with van der Waals surface area (Å²) in [6.07, 6.45) is 0. The number of nitrogens with one attached hydrogen (secondary N) is 1. The maximum Gasteiger partial charge on any atom is 0.283 e. The van der Waals surface area contributed by atoms with E-state index in [0.29, 0.717) is 22.0 Å². The second-order valence-corrected chi connectivity index (χ2v) is 6.97. The van der Waals surface area contributed by atoms with E-state index >= 15 is 0 Å². The van der Waals surface area contributed by atoms with Gasteiger partial charge in [0.2, 0.25) is 0 Å². The molecule has 27 heavy (non-hydrogen) atoms. The first-order valence-electron chi connectivity index (χ1n) is 8.29. The Kier molecular flexibility index (Phi) is 5.44. The molecule has 0 bridgehead atoms. The molecule has 0 fully saturated rings. The number of methoxy groups -OCH3 is 1. The van der Waals surface area contributed by atoms with Crippen molar-refractivity contribution in [1.29, 1.82) is 0 Å². The summed E-state index contributed by atoms with van der Waals surface area (Å²) in [5.74, 6) is -0.827. The van der Waals surface area contributed by atoms with Gasteiger partial charge in [-0.3, -0.25) is 9.59 Å². The molecular weight excluding hydrogens is 387 g/mol. The van der Waals surface area contributed by atoms with Crippen molar-refractivity contribution >= 4 is 40.7 Å². The fourth-order valence-corrected chi connectivity index (χ4v) is 3.25. The number of nitrogens with zero attached hydrogens (tertiary/aromatic N) is 1. The third-order valence-corrected chi connectivity index (χ3v) is 5.15. The highest BCUT2D eigenvalue weighted by molar-refractivity contribution is 6.52. The lowest BCUT2D eigenvalue weighted by Crippen LogP contribution is -2.34. The zero-order valence-corrected chi connectivity index (χ0v) is 16.6. The number of rotatable bonds is 5. The van der Waals surface area contributed by atoms with Gasteiger partial charge in [0.25, 0.3) is 11.8 Å². The first kappa shape index (κ1) is 19.3. The van der Waals surface area contributed by atoms with Crippen molar-refractivity contribution in [3.63, 3.8) is 0 Å². The number of carbonyl (C=O) groups is 2. The average Bonchev–Trinajstić information content (AvgIpc) is 2.87. The van der Waals surface area contributed by atoms with Gasteiger partial charge in [-0.25, -0.2) is 4.90 Å². The number of carbonyl (C=O) groups excluding carboxylic acids is 2. The zero-order valence-electron chi connectivity index (χ0n) is 15.0. The van der Waals surface area contributed by atoms with Crippen LogP contribution in [0.5, 0.6) is 5.75 Å². The Hall–Kier alpha value is -2.50. The summed E-state index contributed by atoms with van der Waals surface area (Å²) in [5, 5.41) is 3.38. The number of hydrogen-bond donors (Lipinski definition) is 1. The lowest BCUT2D eigenvalue weighted by Gasteiger charge is -2.20. The zero-order chi connectivity index (χ0) is 19.7. The fraction of sp³-hybridized carbons (Fsp3) is 0.200. The Bertz CT molecular complexity index is 942. The van der Waals surface area contributed by atoms with Gasteiger partial charge in [0.05, 0.1) is 12.8 Å². The second-order valence-electron chi connectivity index (χ2n) is 6.18. The Morgan fingerprint density at radius 1 is 1.07 bits per heavy atom. The quantitative estimate of drug-likeness (QED) is 0.753. The van der Waals surface area contributed by atoms with E-state index in [2.05, 4.69) is 5.32 Å². The molecule has 1 atom stereocenters. The molecule has 0 saturated carbocycles. The van der Waals surface area contributed by atoms with Crippen LogP contribution in [-0.4, -0.2) is 18.9 Å². The number of ether oxygens (including phenoxy) is 1. The summed E-state index contributed by atoms with van der Waals surface area (Å²) < 4.78 is 5.30. The van der Waals surface area contributed by atoms with Crippen LogP contribution in [0.2, 0.25) is 5.02 Å².